The number of carbonyl (C=O) groups is 1. The van der Waals surface area contributed by atoms with Gasteiger partial charge in [-0.05, 0) is 18.1 Å². The maximum Gasteiger partial charge on any atom is 0.338 e. The Bertz CT molecular complexity index is 379. The Labute approximate surface area is 81.2 Å². The number of pyridine rings is 1. The molecule has 3 nitrogen and oxygen atoms in total. The topological polar surface area (TPSA) is 50.2 Å². The van der Waals surface area contributed by atoms with Crippen LogP contribution in [0.3, 0.4) is 0 Å². The molecule has 0 unspecified atom stereocenters. The van der Waals surface area contributed by atoms with Crippen molar-refractivity contribution in [2.45, 2.75) is 0 Å². The van der Waals surface area contributed by atoms with Crippen LogP contribution in [0.25, 0.3) is 0 Å². The second kappa shape index (κ2) is 4.53. The number of aromatic nitrogens is 1. The van der Waals surface area contributed by atoms with Gasteiger partial charge in [-0.3, -0.25) is 0 Å². The molecule has 1 N–H and O–H groups in total. The molecular formula is C9H7NO2S. The second-order valence-electron chi connectivity index (χ2n) is 2.16. The Balaban J connectivity index is 3.12. The highest BCUT2D eigenvalue weighted by Gasteiger charge is 2.07. The number of carboxylic acid groups (broad SMARTS) is 1. The van der Waals surface area contributed by atoms with Gasteiger partial charge >= 0.3 is 5.97 Å². The van der Waals surface area contributed by atoms with Crippen molar-refractivity contribution in [3.05, 3.63) is 29.6 Å². The van der Waals surface area contributed by atoms with Gasteiger partial charge in [-0.25, -0.2) is 9.78 Å². The van der Waals surface area contributed by atoms with Gasteiger partial charge in [0.05, 0.1) is 11.3 Å². The van der Waals surface area contributed by atoms with Gasteiger partial charge < -0.3 is 5.11 Å². The summed E-state index contributed by atoms with van der Waals surface area (Å²) in [6, 6.07) is 3.03. The van der Waals surface area contributed by atoms with E-state index in [0.29, 0.717) is 5.75 Å². The normalized spacial score (nSPS) is 8.69. The molecule has 0 aromatic carbocycles. The molecule has 0 radical (unpaired) electrons. The fraction of sp³-hybridized carbons (Fsp3) is 0.111. The van der Waals surface area contributed by atoms with Crippen molar-refractivity contribution in [3.63, 3.8) is 0 Å². The maximum atomic E-state index is 10.7. The Morgan fingerprint density at radius 2 is 2.46 bits per heavy atom. The summed E-state index contributed by atoms with van der Waals surface area (Å²) in [5.74, 6) is 4.64. The van der Waals surface area contributed by atoms with Gasteiger partial charge in [0, 0.05) is 6.20 Å². The van der Waals surface area contributed by atoms with Crippen LogP contribution in [0.1, 0.15) is 16.1 Å². The predicted molar refractivity (Wildman–Crippen MR) is 51.9 cm³/mol. The molecule has 66 valence electrons. The van der Waals surface area contributed by atoms with Crippen LogP contribution < -0.4 is 0 Å². The highest BCUT2D eigenvalue weighted by atomic mass is 32.1. The molecule has 0 bridgehead atoms. The first-order chi connectivity index (χ1) is 6.25. The van der Waals surface area contributed by atoms with Crippen LogP contribution in [0.5, 0.6) is 0 Å². The molecule has 0 spiro atoms. The van der Waals surface area contributed by atoms with Crippen molar-refractivity contribution in [1.82, 2.24) is 4.98 Å². The van der Waals surface area contributed by atoms with Gasteiger partial charge in [-0.2, -0.15) is 12.6 Å². The molecule has 13 heavy (non-hydrogen) atoms. The number of aromatic carboxylic acids is 1. The number of nitrogens with zero attached hydrogens (tertiary/aromatic N) is 1. The van der Waals surface area contributed by atoms with Crippen LogP contribution in [-0.4, -0.2) is 21.8 Å². The van der Waals surface area contributed by atoms with Crippen LogP contribution in [0.15, 0.2) is 18.3 Å². The van der Waals surface area contributed by atoms with E-state index in [1.807, 2.05) is 0 Å². The average Bonchev–Trinajstić information content (AvgIpc) is 2.15. The fourth-order valence-electron chi connectivity index (χ4n) is 0.801. The highest BCUT2D eigenvalue weighted by molar-refractivity contribution is 7.80. The smallest absolute Gasteiger partial charge is 0.338 e. The number of rotatable bonds is 1. The van der Waals surface area contributed by atoms with Crippen molar-refractivity contribution in [2.75, 3.05) is 5.75 Å². The zero-order valence-corrected chi connectivity index (χ0v) is 7.58. The van der Waals surface area contributed by atoms with E-state index in [4.69, 9.17) is 5.11 Å². The first-order valence-corrected chi connectivity index (χ1v) is 4.17. The first-order valence-electron chi connectivity index (χ1n) is 3.53. The first kappa shape index (κ1) is 9.62. The molecule has 4 heteroatoms. The zero-order valence-electron chi connectivity index (χ0n) is 6.69. The molecule has 1 aromatic heterocycles. The summed E-state index contributed by atoms with van der Waals surface area (Å²) >= 11 is 3.89. The lowest BCUT2D eigenvalue weighted by Gasteiger charge is -1.95. The molecule has 0 fully saturated rings. The largest absolute Gasteiger partial charge is 0.478 e. The highest BCUT2D eigenvalue weighted by Crippen LogP contribution is 2.02. The van der Waals surface area contributed by atoms with Gasteiger partial charge in [0.25, 0.3) is 0 Å². The molecule has 1 aromatic rings. The Hall–Kier alpha value is -1.47. The molecule has 0 atom stereocenters. The minimum absolute atomic E-state index is 0.122. The monoisotopic (exact) mass is 193 g/mol. The lowest BCUT2D eigenvalue weighted by atomic mass is 10.2. The van der Waals surface area contributed by atoms with Crippen LogP contribution in [0, 0.1) is 11.8 Å². The lowest BCUT2D eigenvalue weighted by molar-refractivity contribution is 0.0696. The van der Waals surface area contributed by atoms with E-state index in [1.165, 1.54) is 12.3 Å². The number of carboxylic acids is 1. The molecule has 0 aliphatic carbocycles. The summed E-state index contributed by atoms with van der Waals surface area (Å²) in [4.78, 5) is 14.5. The van der Waals surface area contributed by atoms with E-state index >= 15 is 0 Å². The minimum Gasteiger partial charge on any atom is -0.478 e. The van der Waals surface area contributed by atoms with Gasteiger partial charge in [0.1, 0.15) is 5.69 Å². The SMILES string of the molecule is O=C(O)c1cccnc1C#CCS. The summed E-state index contributed by atoms with van der Waals surface area (Å²) in [5, 5.41) is 8.74. The summed E-state index contributed by atoms with van der Waals surface area (Å²) in [7, 11) is 0. The van der Waals surface area contributed by atoms with E-state index in [-0.39, 0.29) is 11.3 Å². The molecular weight excluding hydrogens is 186 g/mol. The predicted octanol–water partition coefficient (Wildman–Crippen LogP) is 1.06. The summed E-state index contributed by atoms with van der Waals surface area (Å²) < 4.78 is 0. The summed E-state index contributed by atoms with van der Waals surface area (Å²) in [6.07, 6.45) is 1.51. The molecule has 0 aliphatic heterocycles. The lowest BCUT2D eigenvalue weighted by Crippen LogP contribution is -2.01. The van der Waals surface area contributed by atoms with E-state index < -0.39 is 5.97 Å². The van der Waals surface area contributed by atoms with Crippen molar-refractivity contribution in [3.8, 4) is 11.8 Å². The van der Waals surface area contributed by atoms with E-state index in [2.05, 4.69) is 29.5 Å². The zero-order chi connectivity index (χ0) is 9.68. The number of hydrogen-bond donors (Lipinski definition) is 2. The molecule has 1 heterocycles. The van der Waals surface area contributed by atoms with Crippen LogP contribution in [-0.2, 0) is 0 Å². The van der Waals surface area contributed by atoms with Crippen molar-refractivity contribution >= 4 is 18.6 Å². The fourth-order valence-corrected chi connectivity index (χ4v) is 0.880. The quantitative estimate of drug-likeness (QED) is 0.518. The number of thiol groups is 1. The van der Waals surface area contributed by atoms with Crippen LogP contribution >= 0.6 is 12.6 Å². The van der Waals surface area contributed by atoms with Crippen molar-refractivity contribution < 1.29 is 9.90 Å². The molecule has 0 aliphatic rings. The van der Waals surface area contributed by atoms with Crippen LogP contribution in [0.4, 0.5) is 0 Å². The van der Waals surface area contributed by atoms with Gasteiger partial charge in [-0.1, -0.05) is 5.92 Å². The third-order valence-corrected chi connectivity index (χ3v) is 1.48. The minimum atomic E-state index is -1.02. The third-order valence-electron chi connectivity index (χ3n) is 1.32. The Morgan fingerprint density at radius 1 is 1.69 bits per heavy atom. The standard InChI is InChI=1S/C9H7NO2S/c11-9(12)7-3-1-5-10-8(7)4-2-6-13/h1,3,5,13H,6H2,(H,11,12). The summed E-state index contributed by atoms with van der Waals surface area (Å²) in [5.41, 5.74) is 0.404. The van der Waals surface area contributed by atoms with E-state index in [1.54, 1.807) is 6.07 Å². The molecule has 0 amide bonds. The maximum absolute atomic E-state index is 10.7. The summed E-state index contributed by atoms with van der Waals surface area (Å²) in [6.45, 7) is 0. The van der Waals surface area contributed by atoms with Crippen molar-refractivity contribution in [2.24, 2.45) is 0 Å². The Morgan fingerprint density at radius 3 is 3.08 bits per heavy atom. The van der Waals surface area contributed by atoms with Crippen LogP contribution in [0.2, 0.25) is 0 Å². The van der Waals surface area contributed by atoms with Crippen molar-refractivity contribution in [1.29, 1.82) is 0 Å². The Kier molecular flexibility index (Phi) is 3.35. The van der Waals surface area contributed by atoms with Gasteiger partial charge in [0.2, 0.25) is 0 Å². The molecule has 0 saturated heterocycles. The van der Waals surface area contributed by atoms with Gasteiger partial charge in [-0.15, -0.1) is 0 Å². The van der Waals surface area contributed by atoms with E-state index in [0.717, 1.165) is 0 Å². The molecule has 0 saturated carbocycles. The second-order valence-corrected chi connectivity index (χ2v) is 2.48. The third kappa shape index (κ3) is 2.49. The number of hydrogen-bond acceptors (Lipinski definition) is 3. The van der Waals surface area contributed by atoms with E-state index in [9.17, 15) is 4.79 Å². The molecule has 1 rings (SSSR count). The van der Waals surface area contributed by atoms with Gasteiger partial charge in [0.15, 0.2) is 0 Å². The average molecular weight is 193 g/mol.